The van der Waals surface area contributed by atoms with E-state index in [4.69, 9.17) is 0 Å². The zero-order valence-electron chi connectivity index (χ0n) is 15.8. The van der Waals surface area contributed by atoms with Crippen molar-refractivity contribution in [1.82, 2.24) is 4.98 Å². The number of hydrogen-bond acceptors (Lipinski definition) is 5. The van der Waals surface area contributed by atoms with Crippen LogP contribution < -0.4 is 5.32 Å². The number of amides is 1. The number of carbonyl (C=O) groups is 1. The Morgan fingerprint density at radius 3 is 2.48 bits per heavy atom. The van der Waals surface area contributed by atoms with Gasteiger partial charge in [0.1, 0.15) is 5.01 Å². The first-order valence-corrected chi connectivity index (χ1v) is 11.6. The Kier molecular flexibility index (Phi) is 4.94. The SMILES string of the molecule is Cc1ccc2nc(-c3ccc(NC(=O)c4cccc(S(C)(=O)=O)c4)cc3)sc2c1. The minimum atomic E-state index is -3.37. The number of sulfone groups is 1. The lowest BCUT2D eigenvalue weighted by Crippen LogP contribution is -2.12. The number of aryl methyl sites for hydroxylation is 1. The van der Waals surface area contributed by atoms with Gasteiger partial charge in [-0.1, -0.05) is 12.1 Å². The van der Waals surface area contributed by atoms with Gasteiger partial charge in [-0.05, 0) is 67.1 Å². The molecule has 0 fully saturated rings. The summed E-state index contributed by atoms with van der Waals surface area (Å²) in [7, 11) is -3.37. The fourth-order valence-corrected chi connectivity index (χ4v) is 4.66. The summed E-state index contributed by atoms with van der Waals surface area (Å²) < 4.78 is 24.5. The van der Waals surface area contributed by atoms with E-state index in [1.807, 2.05) is 36.4 Å². The van der Waals surface area contributed by atoms with E-state index in [-0.39, 0.29) is 10.8 Å². The predicted octanol–water partition coefficient (Wildman–Crippen LogP) is 4.93. The number of nitrogens with one attached hydrogen (secondary N) is 1. The van der Waals surface area contributed by atoms with Gasteiger partial charge in [-0.2, -0.15) is 0 Å². The summed E-state index contributed by atoms with van der Waals surface area (Å²) in [5, 5.41) is 3.72. The van der Waals surface area contributed by atoms with E-state index in [2.05, 4.69) is 23.3 Å². The van der Waals surface area contributed by atoms with Gasteiger partial charge >= 0.3 is 0 Å². The second-order valence-electron chi connectivity index (χ2n) is 6.82. The van der Waals surface area contributed by atoms with Crippen molar-refractivity contribution >= 4 is 43.0 Å². The molecule has 1 heterocycles. The largest absolute Gasteiger partial charge is 0.322 e. The number of carbonyl (C=O) groups excluding carboxylic acids is 1. The average molecular weight is 423 g/mol. The van der Waals surface area contributed by atoms with Gasteiger partial charge in [-0.3, -0.25) is 4.79 Å². The summed E-state index contributed by atoms with van der Waals surface area (Å²) in [5.74, 6) is -0.362. The fourth-order valence-electron chi connectivity index (χ4n) is 2.92. The van der Waals surface area contributed by atoms with Crippen molar-refractivity contribution in [3.8, 4) is 10.6 Å². The lowest BCUT2D eigenvalue weighted by molar-refractivity contribution is 0.102. The number of anilines is 1. The molecular weight excluding hydrogens is 404 g/mol. The van der Waals surface area contributed by atoms with Crippen molar-refractivity contribution in [3.05, 3.63) is 77.9 Å². The molecule has 29 heavy (non-hydrogen) atoms. The number of hydrogen-bond donors (Lipinski definition) is 1. The summed E-state index contributed by atoms with van der Waals surface area (Å²) in [6, 6.07) is 19.6. The van der Waals surface area contributed by atoms with E-state index in [1.165, 1.54) is 17.7 Å². The highest BCUT2D eigenvalue weighted by Gasteiger charge is 2.12. The maximum atomic E-state index is 12.5. The maximum Gasteiger partial charge on any atom is 0.255 e. The maximum absolute atomic E-state index is 12.5. The van der Waals surface area contributed by atoms with E-state index in [9.17, 15) is 13.2 Å². The summed E-state index contributed by atoms with van der Waals surface area (Å²) in [4.78, 5) is 17.3. The minimum Gasteiger partial charge on any atom is -0.322 e. The van der Waals surface area contributed by atoms with Crippen LogP contribution in [0.4, 0.5) is 5.69 Å². The van der Waals surface area contributed by atoms with Gasteiger partial charge in [0.25, 0.3) is 5.91 Å². The lowest BCUT2D eigenvalue weighted by atomic mass is 10.2. The topological polar surface area (TPSA) is 76.1 Å². The van der Waals surface area contributed by atoms with Crippen LogP contribution in [-0.2, 0) is 9.84 Å². The summed E-state index contributed by atoms with van der Waals surface area (Å²) in [5.41, 5.74) is 4.06. The Labute approximate surface area is 173 Å². The van der Waals surface area contributed by atoms with Crippen molar-refractivity contribution in [2.75, 3.05) is 11.6 Å². The molecule has 3 aromatic carbocycles. The van der Waals surface area contributed by atoms with Gasteiger partial charge in [-0.15, -0.1) is 11.3 Å². The molecule has 1 N–H and O–H groups in total. The Bertz CT molecular complexity index is 1320. The molecule has 0 aliphatic heterocycles. The normalized spacial score (nSPS) is 11.5. The second kappa shape index (κ2) is 7.42. The molecule has 0 saturated heterocycles. The first-order valence-electron chi connectivity index (χ1n) is 8.89. The Morgan fingerprint density at radius 1 is 1.00 bits per heavy atom. The summed E-state index contributed by atoms with van der Waals surface area (Å²) in [6.45, 7) is 2.06. The zero-order valence-corrected chi connectivity index (χ0v) is 17.5. The third kappa shape index (κ3) is 4.21. The highest BCUT2D eigenvalue weighted by Crippen LogP contribution is 2.31. The molecular formula is C22H18N2O3S2. The van der Waals surface area contributed by atoms with Crippen molar-refractivity contribution in [3.63, 3.8) is 0 Å². The molecule has 4 aromatic rings. The first kappa shape index (κ1) is 19.3. The molecule has 1 aromatic heterocycles. The summed E-state index contributed by atoms with van der Waals surface area (Å²) in [6.07, 6.45) is 1.12. The molecule has 0 atom stereocenters. The van der Waals surface area contributed by atoms with E-state index in [0.717, 1.165) is 27.0 Å². The quantitative estimate of drug-likeness (QED) is 0.506. The smallest absolute Gasteiger partial charge is 0.255 e. The van der Waals surface area contributed by atoms with Crippen LogP contribution >= 0.6 is 11.3 Å². The zero-order chi connectivity index (χ0) is 20.6. The van der Waals surface area contributed by atoms with Crippen molar-refractivity contribution in [1.29, 1.82) is 0 Å². The standard InChI is InChI=1S/C22H18N2O3S2/c1-14-6-11-19-20(12-14)28-22(24-19)15-7-9-17(10-8-15)23-21(25)16-4-3-5-18(13-16)29(2,26)27/h3-13H,1-2H3,(H,23,25). The predicted molar refractivity (Wildman–Crippen MR) is 117 cm³/mol. The van der Waals surface area contributed by atoms with Crippen LogP contribution in [0.2, 0.25) is 0 Å². The van der Waals surface area contributed by atoms with E-state index < -0.39 is 9.84 Å². The Hall–Kier alpha value is -3.03. The summed E-state index contributed by atoms with van der Waals surface area (Å²) >= 11 is 1.63. The fraction of sp³-hybridized carbons (Fsp3) is 0.0909. The lowest BCUT2D eigenvalue weighted by Gasteiger charge is -2.07. The minimum absolute atomic E-state index is 0.117. The van der Waals surface area contributed by atoms with Crippen LogP contribution in [0.5, 0.6) is 0 Å². The number of rotatable bonds is 4. The molecule has 0 aliphatic carbocycles. The molecule has 0 aliphatic rings. The van der Waals surface area contributed by atoms with Crippen molar-refractivity contribution in [2.45, 2.75) is 11.8 Å². The van der Waals surface area contributed by atoms with Gasteiger partial charge < -0.3 is 5.32 Å². The number of thiazole rings is 1. The van der Waals surface area contributed by atoms with Gasteiger partial charge in [0.05, 0.1) is 15.1 Å². The third-order valence-electron chi connectivity index (χ3n) is 4.46. The van der Waals surface area contributed by atoms with Crippen molar-refractivity contribution < 1.29 is 13.2 Å². The highest BCUT2D eigenvalue weighted by atomic mass is 32.2. The second-order valence-corrected chi connectivity index (χ2v) is 9.87. The molecule has 7 heteroatoms. The monoisotopic (exact) mass is 422 g/mol. The number of fused-ring (bicyclic) bond motifs is 1. The first-order chi connectivity index (χ1) is 13.8. The van der Waals surface area contributed by atoms with Crippen LogP contribution in [-0.4, -0.2) is 25.6 Å². The molecule has 4 rings (SSSR count). The van der Waals surface area contributed by atoms with Gasteiger partial charge in [-0.25, -0.2) is 13.4 Å². The molecule has 0 spiro atoms. The van der Waals surface area contributed by atoms with Gasteiger partial charge in [0.15, 0.2) is 9.84 Å². The van der Waals surface area contributed by atoms with Crippen LogP contribution in [0.3, 0.4) is 0 Å². The number of nitrogens with zero attached hydrogens (tertiary/aromatic N) is 1. The molecule has 1 amide bonds. The van der Waals surface area contributed by atoms with E-state index in [0.29, 0.717) is 11.3 Å². The van der Waals surface area contributed by atoms with Gasteiger partial charge in [0, 0.05) is 23.1 Å². The van der Waals surface area contributed by atoms with Crippen LogP contribution in [0, 0.1) is 6.92 Å². The van der Waals surface area contributed by atoms with Crippen molar-refractivity contribution in [2.24, 2.45) is 0 Å². The van der Waals surface area contributed by atoms with Crippen LogP contribution in [0.15, 0.2) is 71.6 Å². The number of aromatic nitrogens is 1. The van der Waals surface area contributed by atoms with E-state index >= 15 is 0 Å². The number of benzene rings is 3. The van der Waals surface area contributed by atoms with E-state index in [1.54, 1.807) is 23.5 Å². The van der Waals surface area contributed by atoms with Gasteiger partial charge in [0.2, 0.25) is 0 Å². The Morgan fingerprint density at radius 2 is 1.76 bits per heavy atom. The molecule has 0 saturated carbocycles. The molecule has 0 unspecified atom stereocenters. The Balaban J connectivity index is 1.54. The molecule has 0 radical (unpaired) electrons. The molecule has 0 bridgehead atoms. The van der Waals surface area contributed by atoms with Crippen LogP contribution in [0.25, 0.3) is 20.8 Å². The van der Waals surface area contributed by atoms with Crippen LogP contribution in [0.1, 0.15) is 15.9 Å². The molecule has 5 nitrogen and oxygen atoms in total. The third-order valence-corrected chi connectivity index (χ3v) is 6.64. The average Bonchev–Trinajstić information content (AvgIpc) is 3.11. The highest BCUT2D eigenvalue weighted by molar-refractivity contribution is 7.90. The molecule has 146 valence electrons.